The fraction of sp³-hybridized carbons (Fsp3) is 0.200. The molecule has 0 radical (unpaired) electrons. The Bertz CT molecular complexity index is 458. The molecule has 7 nitrogen and oxygen atoms in total. The van der Waals surface area contributed by atoms with Gasteiger partial charge in [-0.05, 0) is 16.0 Å². The molecule has 0 aliphatic heterocycles. The second-order valence-electron chi connectivity index (χ2n) is 3.33. The minimum absolute atomic E-state index is 0. The standard InChI is InChI=1S/C10H10N4O2.H2O/c15-10(16)9(14-7-11-12-13-14)6-8-4-2-1-3-5-8;/h1-5,7,9H,6H2,(H,15,16);1H2/t9-;/m1./s1. The van der Waals surface area contributed by atoms with Crippen LogP contribution in [0.25, 0.3) is 0 Å². The van der Waals surface area contributed by atoms with Gasteiger partial charge in [-0.3, -0.25) is 0 Å². The predicted molar refractivity (Wildman–Crippen MR) is 58.2 cm³/mol. The number of tetrazole rings is 1. The summed E-state index contributed by atoms with van der Waals surface area (Å²) in [4.78, 5) is 11.1. The largest absolute Gasteiger partial charge is 0.480 e. The van der Waals surface area contributed by atoms with Crippen molar-refractivity contribution in [2.45, 2.75) is 12.5 Å². The SMILES string of the molecule is O.O=C(O)[C@@H](Cc1ccccc1)n1cnnn1. The van der Waals surface area contributed by atoms with Crippen molar-refractivity contribution in [1.82, 2.24) is 20.2 Å². The zero-order valence-corrected chi connectivity index (χ0v) is 8.89. The van der Waals surface area contributed by atoms with Gasteiger partial charge in [-0.25, -0.2) is 9.48 Å². The number of carboxylic acids is 1. The minimum atomic E-state index is -0.948. The highest BCUT2D eigenvalue weighted by atomic mass is 16.4. The van der Waals surface area contributed by atoms with Crippen molar-refractivity contribution >= 4 is 5.97 Å². The molecule has 0 bridgehead atoms. The number of benzene rings is 1. The summed E-state index contributed by atoms with van der Waals surface area (Å²) in [6.45, 7) is 0. The molecule has 0 saturated carbocycles. The molecule has 0 saturated heterocycles. The number of hydrogen-bond donors (Lipinski definition) is 1. The molecule has 90 valence electrons. The topological polar surface area (TPSA) is 112 Å². The second kappa shape index (κ2) is 5.71. The molecular weight excluding hydrogens is 224 g/mol. The van der Waals surface area contributed by atoms with Crippen molar-refractivity contribution < 1.29 is 15.4 Å². The van der Waals surface area contributed by atoms with Crippen LogP contribution >= 0.6 is 0 Å². The van der Waals surface area contributed by atoms with Crippen molar-refractivity contribution in [3.05, 3.63) is 42.2 Å². The lowest BCUT2D eigenvalue weighted by molar-refractivity contribution is -0.141. The van der Waals surface area contributed by atoms with Crippen molar-refractivity contribution in [2.75, 3.05) is 0 Å². The molecule has 0 unspecified atom stereocenters. The van der Waals surface area contributed by atoms with E-state index in [1.807, 2.05) is 30.3 Å². The zero-order valence-electron chi connectivity index (χ0n) is 8.89. The summed E-state index contributed by atoms with van der Waals surface area (Å²) in [5.41, 5.74) is 0.936. The Hall–Kier alpha value is -2.28. The average molecular weight is 236 g/mol. The van der Waals surface area contributed by atoms with Gasteiger partial charge in [-0.15, -0.1) is 5.10 Å². The number of hydrogen-bond acceptors (Lipinski definition) is 4. The van der Waals surface area contributed by atoms with Gasteiger partial charge in [-0.2, -0.15) is 0 Å². The maximum Gasteiger partial charge on any atom is 0.328 e. The summed E-state index contributed by atoms with van der Waals surface area (Å²) in [5, 5.41) is 19.6. The molecule has 0 fully saturated rings. The van der Waals surface area contributed by atoms with Crippen LogP contribution < -0.4 is 0 Å². The summed E-state index contributed by atoms with van der Waals surface area (Å²) in [7, 11) is 0. The Kier molecular flexibility index (Phi) is 4.29. The molecule has 1 heterocycles. The first-order valence-corrected chi connectivity index (χ1v) is 4.76. The third-order valence-electron chi connectivity index (χ3n) is 2.24. The van der Waals surface area contributed by atoms with E-state index in [0.29, 0.717) is 6.42 Å². The van der Waals surface area contributed by atoms with E-state index < -0.39 is 12.0 Å². The molecule has 1 atom stereocenters. The number of rotatable bonds is 4. The van der Waals surface area contributed by atoms with Crippen LogP contribution in [0.4, 0.5) is 0 Å². The number of nitrogens with zero attached hydrogens (tertiary/aromatic N) is 4. The predicted octanol–water partition coefficient (Wildman–Crippen LogP) is -0.283. The molecule has 3 N–H and O–H groups in total. The molecule has 7 heteroatoms. The van der Waals surface area contributed by atoms with Crippen LogP contribution in [0.2, 0.25) is 0 Å². The third kappa shape index (κ3) is 3.08. The summed E-state index contributed by atoms with van der Waals surface area (Å²) in [6, 6.07) is 8.61. The quantitative estimate of drug-likeness (QED) is 0.784. The number of aliphatic carboxylic acids is 1. The Morgan fingerprint density at radius 2 is 2.06 bits per heavy atom. The van der Waals surface area contributed by atoms with Crippen LogP contribution in [0.15, 0.2) is 36.7 Å². The fourth-order valence-electron chi connectivity index (χ4n) is 1.44. The molecule has 0 aliphatic carbocycles. The van der Waals surface area contributed by atoms with Crippen LogP contribution in [-0.2, 0) is 11.2 Å². The number of carboxylic acid groups (broad SMARTS) is 1. The van der Waals surface area contributed by atoms with Crippen LogP contribution in [0.3, 0.4) is 0 Å². The Balaban J connectivity index is 0.00000144. The Morgan fingerprint density at radius 1 is 1.35 bits per heavy atom. The highest BCUT2D eigenvalue weighted by Gasteiger charge is 2.20. The van der Waals surface area contributed by atoms with E-state index >= 15 is 0 Å². The smallest absolute Gasteiger partial charge is 0.328 e. The summed E-state index contributed by atoms with van der Waals surface area (Å²) in [6.07, 6.45) is 1.67. The van der Waals surface area contributed by atoms with Gasteiger partial charge in [-0.1, -0.05) is 30.3 Å². The van der Waals surface area contributed by atoms with Crippen LogP contribution in [-0.4, -0.2) is 36.8 Å². The van der Waals surface area contributed by atoms with Crippen molar-refractivity contribution in [2.24, 2.45) is 0 Å². The molecule has 1 aromatic heterocycles. The maximum atomic E-state index is 11.1. The normalized spacial score (nSPS) is 11.5. The zero-order chi connectivity index (χ0) is 11.4. The van der Waals surface area contributed by atoms with E-state index in [0.717, 1.165) is 5.56 Å². The van der Waals surface area contributed by atoms with E-state index in [2.05, 4.69) is 15.5 Å². The fourth-order valence-corrected chi connectivity index (χ4v) is 1.44. The Labute approximate surface area is 97.0 Å². The van der Waals surface area contributed by atoms with E-state index in [1.165, 1.54) is 11.0 Å². The molecule has 17 heavy (non-hydrogen) atoms. The van der Waals surface area contributed by atoms with Crippen molar-refractivity contribution in [1.29, 1.82) is 0 Å². The highest BCUT2D eigenvalue weighted by Crippen LogP contribution is 2.12. The van der Waals surface area contributed by atoms with Crippen molar-refractivity contribution in [3.8, 4) is 0 Å². The first kappa shape index (κ1) is 12.8. The van der Waals surface area contributed by atoms with E-state index in [-0.39, 0.29) is 5.48 Å². The van der Waals surface area contributed by atoms with Gasteiger partial charge in [0.2, 0.25) is 0 Å². The van der Waals surface area contributed by atoms with E-state index in [1.54, 1.807) is 0 Å². The van der Waals surface area contributed by atoms with E-state index in [9.17, 15) is 4.79 Å². The van der Waals surface area contributed by atoms with Gasteiger partial charge in [0.15, 0.2) is 6.04 Å². The van der Waals surface area contributed by atoms with Gasteiger partial charge >= 0.3 is 5.97 Å². The summed E-state index contributed by atoms with van der Waals surface area (Å²) >= 11 is 0. The van der Waals surface area contributed by atoms with Gasteiger partial charge in [0.1, 0.15) is 6.33 Å². The van der Waals surface area contributed by atoms with Gasteiger partial charge < -0.3 is 10.6 Å². The number of aromatic nitrogens is 4. The second-order valence-corrected chi connectivity index (χ2v) is 3.33. The van der Waals surface area contributed by atoms with Crippen LogP contribution in [0, 0.1) is 0 Å². The first-order valence-electron chi connectivity index (χ1n) is 4.76. The monoisotopic (exact) mass is 236 g/mol. The lowest BCUT2D eigenvalue weighted by atomic mass is 10.1. The molecule has 0 amide bonds. The number of carbonyl (C=O) groups is 1. The molecule has 2 rings (SSSR count). The molecular formula is C10H12N4O3. The first-order chi connectivity index (χ1) is 7.77. The molecule has 1 aromatic carbocycles. The van der Waals surface area contributed by atoms with E-state index in [4.69, 9.17) is 5.11 Å². The average Bonchev–Trinajstić information content (AvgIpc) is 2.80. The maximum absolute atomic E-state index is 11.1. The highest BCUT2D eigenvalue weighted by molar-refractivity contribution is 5.72. The summed E-state index contributed by atoms with van der Waals surface area (Å²) < 4.78 is 1.25. The van der Waals surface area contributed by atoms with Crippen LogP contribution in [0.1, 0.15) is 11.6 Å². The lowest BCUT2D eigenvalue weighted by Gasteiger charge is -2.10. The van der Waals surface area contributed by atoms with Gasteiger partial charge in [0, 0.05) is 6.42 Å². The molecule has 0 spiro atoms. The lowest BCUT2D eigenvalue weighted by Crippen LogP contribution is -2.22. The molecule has 2 aromatic rings. The van der Waals surface area contributed by atoms with Crippen molar-refractivity contribution in [3.63, 3.8) is 0 Å². The van der Waals surface area contributed by atoms with Gasteiger partial charge in [0.05, 0.1) is 0 Å². The minimum Gasteiger partial charge on any atom is -0.480 e. The Morgan fingerprint density at radius 3 is 2.59 bits per heavy atom. The molecule has 0 aliphatic rings. The third-order valence-corrected chi connectivity index (χ3v) is 2.24. The van der Waals surface area contributed by atoms with Gasteiger partial charge in [0.25, 0.3) is 0 Å². The van der Waals surface area contributed by atoms with Crippen LogP contribution in [0.5, 0.6) is 0 Å². The summed E-state index contributed by atoms with van der Waals surface area (Å²) in [5.74, 6) is -0.948.